The number of benzene rings is 2. The van der Waals surface area contributed by atoms with Gasteiger partial charge in [-0.1, -0.05) is 31.0 Å². The summed E-state index contributed by atoms with van der Waals surface area (Å²) in [6.45, 7) is 2.44. The summed E-state index contributed by atoms with van der Waals surface area (Å²) in [5.41, 5.74) is 1.14. The molecule has 4 rings (SSSR count). The van der Waals surface area contributed by atoms with Crippen molar-refractivity contribution >= 4 is 28.8 Å². The molecule has 0 spiro atoms. The minimum atomic E-state index is -0.894. The summed E-state index contributed by atoms with van der Waals surface area (Å²) >= 11 is 1.49. The van der Waals surface area contributed by atoms with E-state index in [2.05, 4.69) is 5.32 Å². The number of nitrogens with zero attached hydrogens (tertiary/aromatic N) is 1. The van der Waals surface area contributed by atoms with E-state index >= 15 is 0 Å². The number of amides is 2. The summed E-state index contributed by atoms with van der Waals surface area (Å²) in [5.74, 6) is -0.170. The van der Waals surface area contributed by atoms with Gasteiger partial charge in [-0.15, -0.1) is 11.3 Å². The number of hydrogen-bond donors (Lipinski definition) is 1. The maximum atomic E-state index is 13.7. The van der Waals surface area contributed by atoms with Crippen molar-refractivity contribution < 1.29 is 18.7 Å². The van der Waals surface area contributed by atoms with Crippen molar-refractivity contribution in [2.24, 2.45) is 0 Å². The molecule has 1 N–H and O–H groups in total. The van der Waals surface area contributed by atoms with Crippen molar-refractivity contribution in [3.8, 4) is 5.75 Å². The van der Waals surface area contributed by atoms with Crippen LogP contribution in [0.25, 0.3) is 0 Å². The van der Waals surface area contributed by atoms with E-state index in [1.54, 1.807) is 24.3 Å². The van der Waals surface area contributed by atoms with Gasteiger partial charge < -0.3 is 10.1 Å². The Bertz CT molecular complexity index is 1080. The number of hydrogen-bond acceptors (Lipinski definition) is 4. The summed E-state index contributed by atoms with van der Waals surface area (Å²) in [7, 11) is 0. The molecule has 1 aliphatic carbocycles. The monoisotopic (exact) mass is 480 g/mol. The van der Waals surface area contributed by atoms with E-state index in [-0.39, 0.29) is 24.3 Å². The van der Waals surface area contributed by atoms with Crippen LogP contribution in [-0.4, -0.2) is 24.5 Å². The van der Waals surface area contributed by atoms with E-state index in [1.807, 2.05) is 36.6 Å². The quantitative estimate of drug-likeness (QED) is 0.430. The molecule has 1 atom stereocenters. The fourth-order valence-electron chi connectivity index (χ4n) is 4.37. The summed E-state index contributed by atoms with van der Waals surface area (Å²) in [6, 6.07) is 16.0. The molecule has 5 nitrogen and oxygen atoms in total. The lowest BCUT2D eigenvalue weighted by Crippen LogP contribution is -2.46. The Labute approximate surface area is 203 Å². The lowest BCUT2D eigenvalue weighted by molar-refractivity contribution is -0.127. The molecular weight excluding hydrogens is 451 g/mol. The second-order valence-corrected chi connectivity index (χ2v) is 9.42. The zero-order chi connectivity index (χ0) is 23.9. The first-order chi connectivity index (χ1) is 16.5. The van der Waals surface area contributed by atoms with Gasteiger partial charge in [0, 0.05) is 16.6 Å². The Hall–Kier alpha value is -3.19. The second-order valence-electron chi connectivity index (χ2n) is 8.39. The number of ether oxygens (including phenoxy) is 1. The standard InChI is InChI=1S/C27H29FN2O3S/c1-2-33-23-15-9-19(10-16-23)26(27(32)29-21-6-3-4-7-21)30(22-13-11-20(28)12-14-22)25(31)18-24-8-5-17-34-24/h5,8-17,21,26H,2-4,6-7,18H2,1H3,(H,29,32). The van der Waals surface area contributed by atoms with Crippen LogP contribution in [0, 0.1) is 5.82 Å². The highest BCUT2D eigenvalue weighted by molar-refractivity contribution is 7.10. The van der Waals surface area contributed by atoms with Gasteiger partial charge in [-0.05, 0) is 73.2 Å². The Kier molecular flexibility index (Phi) is 7.95. The summed E-state index contributed by atoms with van der Waals surface area (Å²) in [5, 5.41) is 5.08. The molecule has 1 fully saturated rings. The van der Waals surface area contributed by atoms with Crippen molar-refractivity contribution in [3.63, 3.8) is 0 Å². The van der Waals surface area contributed by atoms with Gasteiger partial charge in [0.2, 0.25) is 11.8 Å². The molecule has 1 aliphatic rings. The Morgan fingerprint density at radius 3 is 2.41 bits per heavy atom. The lowest BCUT2D eigenvalue weighted by Gasteiger charge is -2.32. The Balaban J connectivity index is 1.74. The number of nitrogens with one attached hydrogen (secondary N) is 1. The largest absolute Gasteiger partial charge is 0.494 e. The molecule has 0 radical (unpaired) electrons. The van der Waals surface area contributed by atoms with Gasteiger partial charge in [0.15, 0.2) is 0 Å². The molecule has 1 aromatic heterocycles. The maximum Gasteiger partial charge on any atom is 0.248 e. The van der Waals surface area contributed by atoms with Crippen molar-refractivity contribution in [1.29, 1.82) is 0 Å². The van der Waals surface area contributed by atoms with Gasteiger partial charge in [0.05, 0.1) is 13.0 Å². The lowest BCUT2D eigenvalue weighted by atomic mass is 10.0. The molecule has 1 heterocycles. The zero-order valence-corrected chi connectivity index (χ0v) is 20.0. The number of halogens is 1. The van der Waals surface area contributed by atoms with Crippen LogP contribution in [0.1, 0.15) is 49.1 Å². The van der Waals surface area contributed by atoms with Crippen molar-refractivity contribution in [2.45, 2.75) is 51.1 Å². The van der Waals surface area contributed by atoms with Gasteiger partial charge in [-0.3, -0.25) is 14.5 Å². The highest BCUT2D eigenvalue weighted by Crippen LogP contribution is 2.31. The first kappa shape index (κ1) is 24.0. The van der Waals surface area contributed by atoms with E-state index in [9.17, 15) is 14.0 Å². The smallest absolute Gasteiger partial charge is 0.248 e. The molecule has 2 amide bonds. The van der Waals surface area contributed by atoms with E-state index in [1.165, 1.54) is 28.4 Å². The van der Waals surface area contributed by atoms with Crippen molar-refractivity contribution in [1.82, 2.24) is 5.32 Å². The normalized spacial score (nSPS) is 14.5. The van der Waals surface area contributed by atoms with E-state index < -0.39 is 11.9 Å². The fraction of sp³-hybridized carbons (Fsp3) is 0.333. The molecule has 7 heteroatoms. The van der Waals surface area contributed by atoms with Crippen molar-refractivity contribution in [2.75, 3.05) is 11.5 Å². The number of thiophene rings is 1. The van der Waals surface area contributed by atoms with Gasteiger partial charge in [-0.25, -0.2) is 4.39 Å². The average molecular weight is 481 g/mol. The molecule has 178 valence electrons. The molecule has 0 saturated heterocycles. The molecular formula is C27H29FN2O3S. The van der Waals surface area contributed by atoms with Gasteiger partial charge >= 0.3 is 0 Å². The first-order valence-corrected chi connectivity index (χ1v) is 12.6. The van der Waals surface area contributed by atoms with Crippen LogP contribution >= 0.6 is 11.3 Å². The Morgan fingerprint density at radius 2 is 1.79 bits per heavy atom. The van der Waals surface area contributed by atoms with Crippen LogP contribution in [0.4, 0.5) is 10.1 Å². The van der Waals surface area contributed by atoms with Crippen LogP contribution < -0.4 is 15.0 Å². The average Bonchev–Trinajstić information content (AvgIpc) is 3.53. The van der Waals surface area contributed by atoms with Crippen LogP contribution in [0.3, 0.4) is 0 Å². The van der Waals surface area contributed by atoms with Crippen molar-refractivity contribution in [3.05, 3.63) is 82.3 Å². The second kappa shape index (κ2) is 11.3. The summed E-state index contributed by atoms with van der Waals surface area (Å²) in [4.78, 5) is 29.7. The highest BCUT2D eigenvalue weighted by Gasteiger charge is 2.34. The molecule has 0 aliphatic heterocycles. The van der Waals surface area contributed by atoms with Crippen LogP contribution in [0.15, 0.2) is 66.0 Å². The molecule has 0 bridgehead atoms. The van der Waals surface area contributed by atoms with E-state index in [0.29, 0.717) is 23.6 Å². The number of carbonyl (C=O) groups is 2. The SMILES string of the molecule is CCOc1ccc(C(C(=O)NC2CCCC2)N(C(=O)Cc2cccs2)c2ccc(F)cc2)cc1. The fourth-order valence-corrected chi connectivity index (χ4v) is 5.06. The number of carbonyl (C=O) groups excluding carboxylic acids is 2. The van der Waals surface area contributed by atoms with Crippen LogP contribution in [-0.2, 0) is 16.0 Å². The van der Waals surface area contributed by atoms with E-state index in [0.717, 1.165) is 30.6 Å². The summed E-state index contributed by atoms with van der Waals surface area (Å²) in [6.07, 6.45) is 4.18. The maximum absolute atomic E-state index is 13.7. The Morgan fingerprint density at radius 1 is 1.09 bits per heavy atom. The molecule has 2 aromatic carbocycles. The number of rotatable bonds is 9. The third-order valence-corrected chi connectivity index (χ3v) is 6.87. The zero-order valence-electron chi connectivity index (χ0n) is 19.2. The topological polar surface area (TPSA) is 58.6 Å². The van der Waals surface area contributed by atoms with Gasteiger partial charge in [-0.2, -0.15) is 0 Å². The predicted molar refractivity (Wildman–Crippen MR) is 133 cm³/mol. The third-order valence-electron chi connectivity index (χ3n) is 5.99. The molecule has 3 aromatic rings. The van der Waals surface area contributed by atoms with Crippen LogP contribution in [0.2, 0.25) is 0 Å². The van der Waals surface area contributed by atoms with Gasteiger partial charge in [0.25, 0.3) is 0 Å². The molecule has 1 saturated carbocycles. The summed E-state index contributed by atoms with van der Waals surface area (Å²) < 4.78 is 19.3. The number of anilines is 1. The predicted octanol–water partition coefficient (Wildman–Crippen LogP) is 5.66. The van der Waals surface area contributed by atoms with E-state index in [4.69, 9.17) is 4.74 Å². The first-order valence-electron chi connectivity index (χ1n) is 11.7. The van der Waals surface area contributed by atoms with Crippen LogP contribution in [0.5, 0.6) is 5.75 Å². The van der Waals surface area contributed by atoms with Gasteiger partial charge in [0.1, 0.15) is 17.6 Å². The minimum absolute atomic E-state index is 0.0974. The molecule has 1 unspecified atom stereocenters. The highest BCUT2D eigenvalue weighted by atomic mass is 32.1. The molecule has 34 heavy (non-hydrogen) atoms. The minimum Gasteiger partial charge on any atom is -0.494 e. The third kappa shape index (κ3) is 5.83.